The number of aryl methyl sites for hydroxylation is 3. The molecule has 0 heterocycles. The fourth-order valence-electron chi connectivity index (χ4n) is 9.69. The van der Waals surface area contributed by atoms with Gasteiger partial charge >= 0.3 is 23.9 Å². The summed E-state index contributed by atoms with van der Waals surface area (Å²) in [5.74, 6) is -3.08. The van der Waals surface area contributed by atoms with Crippen molar-refractivity contribution in [2.24, 2.45) is 5.73 Å². The number of benzene rings is 6. The first kappa shape index (κ1) is 63.4. The van der Waals surface area contributed by atoms with Gasteiger partial charge in [0, 0.05) is 49.7 Å². The number of carboxylic acid groups (broad SMARTS) is 2. The third-order valence-electron chi connectivity index (χ3n) is 14.3. The van der Waals surface area contributed by atoms with E-state index in [4.69, 9.17) is 20.3 Å². The first-order valence-electron chi connectivity index (χ1n) is 24.8. The van der Waals surface area contributed by atoms with Crippen molar-refractivity contribution in [2.75, 3.05) is 13.2 Å². The van der Waals surface area contributed by atoms with Gasteiger partial charge in [-0.2, -0.15) is 0 Å². The lowest BCUT2D eigenvalue weighted by Crippen LogP contribution is -2.56. The van der Waals surface area contributed by atoms with Crippen LogP contribution in [0.2, 0.25) is 0 Å². The second kappa shape index (κ2) is 27.2. The van der Waals surface area contributed by atoms with Crippen molar-refractivity contribution >= 4 is 35.7 Å². The summed E-state index contributed by atoms with van der Waals surface area (Å²) in [7, 11) is 0. The van der Waals surface area contributed by atoms with Gasteiger partial charge in [-0.15, -0.1) is 0 Å². The molecule has 410 valence electrons. The highest BCUT2D eigenvalue weighted by molar-refractivity contribution is 6.01. The van der Waals surface area contributed by atoms with Crippen LogP contribution in [0.1, 0.15) is 134 Å². The van der Waals surface area contributed by atoms with Gasteiger partial charge in [-0.05, 0) is 140 Å². The van der Waals surface area contributed by atoms with E-state index in [0.29, 0.717) is 61.8 Å². The maximum absolute atomic E-state index is 12.9. The molecule has 9 rings (SSSR count). The zero-order valence-corrected chi connectivity index (χ0v) is 43.5. The van der Waals surface area contributed by atoms with Crippen LogP contribution in [0.5, 0.6) is 0 Å². The molecule has 3 aliphatic rings. The zero-order valence-electron chi connectivity index (χ0n) is 43.5. The van der Waals surface area contributed by atoms with E-state index < -0.39 is 28.6 Å². The third-order valence-corrected chi connectivity index (χ3v) is 14.3. The lowest BCUT2D eigenvalue weighted by Gasteiger charge is -2.28. The summed E-state index contributed by atoms with van der Waals surface area (Å²) in [6.07, 6.45) is 2.71. The minimum atomic E-state index is -1.27. The average Bonchev–Trinajstić information content (AvgIpc) is 4.06. The summed E-state index contributed by atoms with van der Waals surface area (Å²) >= 11 is 0. The van der Waals surface area contributed by atoms with Crippen molar-refractivity contribution < 1.29 is 48.5 Å². The highest BCUT2D eigenvalue weighted by atomic mass is 16.5. The van der Waals surface area contributed by atoms with E-state index in [0.717, 1.165) is 66.8 Å². The molecule has 6 aromatic carbocycles. The molecule has 13 nitrogen and oxygen atoms in total. The number of aromatic carboxylic acids is 1. The van der Waals surface area contributed by atoms with Gasteiger partial charge in [0.25, 0.3) is 11.8 Å². The number of esters is 2. The topological polar surface area (TPSA) is 211 Å². The van der Waals surface area contributed by atoms with Crippen molar-refractivity contribution in [1.82, 2.24) is 10.6 Å². The standard InChI is InChI=1S/C21H23NO3.C19H19NO3.C12H15NO2.C9H10O2.3CH4/c1-4-25-20(24)21(12-16-9-5-6-10-17(16)13-21)22-19(23)18-11-7-8-14(2)15(18)3;1-12-6-5-9-16(13(12)2)17(21)20-19(18(22)23)10-14-7-3-4-8-15(14)11-19;1-2-15-11(14)12(13)7-9-5-3-4-6-10(9)8-12;1-6-4-3-5-8(7(6)2)9(10)11;;;/h5-11H,4,12-13H2,1-3H3,(H,22,23);3-9H,10-11H2,1-2H3,(H,20,21)(H,22,23);3-6H,2,7-8,13H2,1H3;3-5H,1-2H3,(H,10,11);3*1H4. The van der Waals surface area contributed by atoms with Crippen LogP contribution < -0.4 is 16.4 Å². The number of rotatable bonds is 10. The second-order valence-corrected chi connectivity index (χ2v) is 19.4. The average molecular weight is 1050 g/mol. The summed E-state index contributed by atoms with van der Waals surface area (Å²) < 4.78 is 10.3. The van der Waals surface area contributed by atoms with E-state index in [1.54, 1.807) is 38.1 Å². The molecule has 0 saturated carbocycles. The largest absolute Gasteiger partial charge is 0.479 e. The van der Waals surface area contributed by atoms with Crippen LogP contribution in [0, 0.1) is 41.5 Å². The van der Waals surface area contributed by atoms with Gasteiger partial charge < -0.3 is 36.1 Å². The van der Waals surface area contributed by atoms with Gasteiger partial charge in [-0.25, -0.2) is 14.4 Å². The van der Waals surface area contributed by atoms with E-state index in [-0.39, 0.29) is 52.6 Å². The van der Waals surface area contributed by atoms with Gasteiger partial charge in [0.2, 0.25) is 0 Å². The Morgan fingerprint density at radius 2 is 0.740 bits per heavy atom. The van der Waals surface area contributed by atoms with Gasteiger partial charge in [-0.1, -0.05) is 131 Å². The maximum atomic E-state index is 12.9. The fourth-order valence-corrected chi connectivity index (χ4v) is 9.69. The number of aliphatic carboxylic acids is 1. The van der Waals surface area contributed by atoms with Crippen LogP contribution in [0.3, 0.4) is 0 Å². The van der Waals surface area contributed by atoms with E-state index in [2.05, 4.69) is 10.6 Å². The molecule has 6 N–H and O–H groups in total. The van der Waals surface area contributed by atoms with Crippen molar-refractivity contribution in [3.8, 4) is 0 Å². The molecular formula is C64H79N3O10. The molecule has 13 heteroatoms. The Morgan fingerprint density at radius 1 is 0.442 bits per heavy atom. The highest BCUT2D eigenvalue weighted by Crippen LogP contribution is 2.34. The van der Waals surface area contributed by atoms with Gasteiger partial charge in [0.05, 0.1) is 18.8 Å². The smallest absolute Gasteiger partial charge is 0.335 e. The molecule has 0 aromatic heterocycles. The van der Waals surface area contributed by atoms with Crippen LogP contribution >= 0.6 is 0 Å². The highest BCUT2D eigenvalue weighted by Gasteiger charge is 2.47. The monoisotopic (exact) mass is 1050 g/mol. The van der Waals surface area contributed by atoms with Crippen molar-refractivity contribution in [2.45, 2.75) is 133 Å². The normalized spacial score (nSPS) is 14.0. The molecule has 0 unspecified atom stereocenters. The number of hydrogen-bond donors (Lipinski definition) is 5. The third kappa shape index (κ3) is 14.5. The summed E-state index contributed by atoms with van der Waals surface area (Å²) in [6.45, 7) is 15.7. The van der Waals surface area contributed by atoms with Crippen LogP contribution in [0.25, 0.3) is 0 Å². The first-order valence-corrected chi connectivity index (χ1v) is 24.8. The second-order valence-electron chi connectivity index (χ2n) is 19.4. The number of carbonyl (C=O) groups excluding carboxylic acids is 4. The summed E-state index contributed by atoms with van der Waals surface area (Å²) in [4.78, 5) is 72.5. The Labute approximate surface area is 455 Å². The Bertz CT molecular complexity index is 3010. The van der Waals surface area contributed by atoms with Gasteiger partial charge in [-0.3, -0.25) is 14.4 Å². The Kier molecular flexibility index (Phi) is 22.4. The number of ether oxygens (including phenoxy) is 2. The fraction of sp³-hybridized carbons (Fsp3) is 0.344. The Morgan fingerprint density at radius 3 is 1.06 bits per heavy atom. The van der Waals surface area contributed by atoms with E-state index >= 15 is 0 Å². The summed E-state index contributed by atoms with van der Waals surface area (Å²) in [5.41, 5.74) is 16.6. The molecule has 77 heavy (non-hydrogen) atoms. The summed E-state index contributed by atoms with van der Waals surface area (Å²) in [6, 6.07) is 39.9. The molecule has 0 aliphatic heterocycles. The van der Waals surface area contributed by atoms with Crippen LogP contribution in [-0.4, -0.2) is 75.7 Å². The first-order chi connectivity index (χ1) is 35.2. The summed E-state index contributed by atoms with van der Waals surface area (Å²) in [5, 5.41) is 24.2. The lowest BCUT2D eigenvalue weighted by atomic mass is 9.94. The molecular weight excluding hydrogens is 971 g/mol. The quantitative estimate of drug-likeness (QED) is 0.0815. The molecule has 0 radical (unpaired) electrons. The molecule has 0 atom stereocenters. The zero-order chi connectivity index (χ0) is 54.0. The van der Waals surface area contributed by atoms with Crippen molar-refractivity contribution in [1.29, 1.82) is 0 Å². The minimum absolute atomic E-state index is 0. The van der Waals surface area contributed by atoms with Gasteiger partial charge in [0.1, 0.15) is 16.6 Å². The maximum Gasteiger partial charge on any atom is 0.335 e. The number of carbonyl (C=O) groups is 6. The van der Waals surface area contributed by atoms with Crippen molar-refractivity contribution in [3.63, 3.8) is 0 Å². The SMILES string of the molecule is C.C.C.CCOC(=O)C1(N)Cc2ccccc2C1.CCOC(=O)C1(NC(=O)c2cccc(C)c2C)Cc2ccccc2C1.Cc1cccc(C(=O)NC2(C(=O)O)Cc3ccccc3C2)c1C.Cc1cccc(C(=O)O)c1C. The van der Waals surface area contributed by atoms with Crippen molar-refractivity contribution in [3.05, 3.63) is 211 Å². The molecule has 0 spiro atoms. The lowest BCUT2D eigenvalue weighted by molar-refractivity contribution is -0.150. The predicted octanol–water partition coefficient (Wildman–Crippen LogP) is 10.7. The molecule has 2 amide bonds. The van der Waals surface area contributed by atoms with Crippen LogP contribution in [-0.2, 0) is 62.4 Å². The van der Waals surface area contributed by atoms with Crippen LogP contribution in [0.4, 0.5) is 0 Å². The number of amides is 2. The van der Waals surface area contributed by atoms with Crippen LogP contribution in [0.15, 0.2) is 127 Å². The number of fused-ring (bicyclic) bond motifs is 3. The number of hydrogen-bond acceptors (Lipinski definition) is 9. The molecule has 0 bridgehead atoms. The van der Waals surface area contributed by atoms with Gasteiger partial charge in [0.15, 0.2) is 0 Å². The number of nitrogens with one attached hydrogen (secondary N) is 2. The van der Waals surface area contributed by atoms with E-state index in [1.807, 2.05) is 145 Å². The molecule has 0 fully saturated rings. The Hall–Kier alpha value is -7.90. The molecule has 0 saturated heterocycles. The molecule has 3 aliphatic carbocycles. The molecule has 6 aromatic rings. The predicted molar refractivity (Wildman–Crippen MR) is 305 cm³/mol. The Balaban J connectivity index is 0.000000278. The van der Waals surface area contributed by atoms with E-state index in [9.17, 15) is 33.9 Å². The number of nitrogens with two attached hydrogens (primary N) is 1. The minimum Gasteiger partial charge on any atom is -0.479 e. The number of carboxylic acids is 2. The van der Waals surface area contributed by atoms with E-state index in [1.165, 1.54) is 0 Å².